The lowest BCUT2D eigenvalue weighted by Crippen LogP contribution is -2.02. The van der Waals surface area contributed by atoms with Crippen LogP contribution in [-0.4, -0.2) is 31.5 Å². The zero-order valence-electron chi connectivity index (χ0n) is 10.3. The van der Waals surface area contributed by atoms with Crippen molar-refractivity contribution in [1.82, 2.24) is 0 Å². The number of thioether (sulfide) groups is 1. The van der Waals surface area contributed by atoms with Gasteiger partial charge in [0.25, 0.3) is 0 Å². The van der Waals surface area contributed by atoms with Crippen molar-refractivity contribution in [3.05, 3.63) is 23.8 Å². The first kappa shape index (κ1) is 13.9. The Labute approximate surface area is 106 Å². The molecule has 1 aromatic rings. The van der Waals surface area contributed by atoms with E-state index in [-0.39, 0.29) is 0 Å². The Hall–Kier alpha value is -1.16. The quantitative estimate of drug-likeness (QED) is 0.527. The van der Waals surface area contributed by atoms with Gasteiger partial charge in [-0.1, -0.05) is 0 Å². The van der Waals surface area contributed by atoms with Crippen LogP contribution < -0.4 is 9.47 Å². The zero-order chi connectivity index (χ0) is 12.5. The lowest BCUT2D eigenvalue weighted by atomic mass is 10.2. The summed E-state index contributed by atoms with van der Waals surface area (Å²) in [6.07, 6.45) is 3.88. The number of hydrogen-bond acceptors (Lipinski definition) is 4. The van der Waals surface area contributed by atoms with Crippen molar-refractivity contribution in [2.45, 2.75) is 13.3 Å². The fourth-order valence-corrected chi connectivity index (χ4v) is 1.78. The maximum absolute atomic E-state index is 10.7. The van der Waals surface area contributed by atoms with Crippen LogP contribution in [0.15, 0.2) is 18.2 Å². The molecule has 1 rings (SSSR count). The van der Waals surface area contributed by atoms with E-state index < -0.39 is 0 Å². The third-order valence-electron chi connectivity index (χ3n) is 2.15. The van der Waals surface area contributed by atoms with Crippen LogP contribution in [0.5, 0.6) is 11.5 Å². The molecular formula is C13H18O3S. The summed E-state index contributed by atoms with van der Waals surface area (Å²) < 4.78 is 11.1. The molecule has 0 radical (unpaired) electrons. The Morgan fingerprint density at radius 2 is 2.12 bits per heavy atom. The van der Waals surface area contributed by atoms with Crippen LogP contribution in [0.2, 0.25) is 0 Å². The van der Waals surface area contributed by atoms with Gasteiger partial charge in [0.15, 0.2) is 11.5 Å². The fraction of sp³-hybridized carbons (Fsp3) is 0.462. The van der Waals surface area contributed by atoms with Crippen molar-refractivity contribution in [3.8, 4) is 11.5 Å². The molecule has 0 saturated heterocycles. The van der Waals surface area contributed by atoms with Crippen LogP contribution >= 0.6 is 11.8 Å². The predicted octanol–water partition coefficient (Wildman–Crippen LogP) is 3.03. The van der Waals surface area contributed by atoms with Crippen molar-refractivity contribution in [2.75, 3.05) is 25.2 Å². The highest BCUT2D eigenvalue weighted by Crippen LogP contribution is 2.28. The van der Waals surface area contributed by atoms with E-state index in [1.807, 2.05) is 6.92 Å². The first-order valence-corrected chi connectivity index (χ1v) is 7.05. The molecule has 0 fully saturated rings. The first-order chi connectivity index (χ1) is 8.31. The molecule has 0 aliphatic carbocycles. The van der Waals surface area contributed by atoms with Gasteiger partial charge in [0.05, 0.1) is 13.2 Å². The smallest absolute Gasteiger partial charge is 0.161 e. The Morgan fingerprint density at radius 3 is 2.76 bits per heavy atom. The molecular weight excluding hydrogens is 236 g/mol. The molecule has 0 aliphatic heterocycles. The minimum absolute atomic E-state index is 0.559. The lowest BCUT2D eigenvalue weighted by molar-refractivity contribution is 0.112. The van der Waals surface area contributed by atoms with Gasteiger partial charge >= 0.3 is 0 Å². The second kappa shape index (κ2) is 8.01. The average molecular weight is 254 g/mol. The molecule has 0 N–H and O–H groups in total. The van der Waals surface area contributed by atoms with Crippen molar-refractivity contribution in [1.29, 1.82) is 0 Å². The van der Waals surface area contributed by atoms with Crippen molar-refractivity contribution in [3.63, 3.8) is 0 Å². The molecule has 17 heavy (non-hydrogen) atoms. The minimum atomic E-state index is 0.559. The summed E-state index contributed by atoms with van der Waals surface area (Å²) in [4.78, 5) is 10.7. The largest absolute Gasteiger partial charge is 0.490 e. The van der Waals surface area contributed by atoms with Gasteiger partial charge in [-0.3, -0.25) is 4.79 Å². The molecule has 4 heteroatoms. The van der Waals surface area contributed by atoms with Crippen LogP contribution in [0, 0.1) is 0 Å². The molecule has 94 valence electrons. The van der Waals surface area contributed by atoms with Crippen molar-refractivity contribution >= 4 is 18.0 Å². The van der Waals surface area contributed by atoms with Crippen molar-refractivity contribution < 1.29 is 14.3 Å². The molecule has 3 nitrogen and oxygen atoms in total. The molecule has 0 unspecified atom stereocenters. The number of aldehydes is 1. The van der Waals surface area contributed by atoms with Crippen LogP contribution in [0.4, 0.5) is 0 Å². The highest BCUT2D eigenvalue weighted by Gasteiger charge is 2.05. The van der Waals surface area contributed by atoms with Gasteiger partial charge < -0.3 is 9.47 Å². The van der Waals surface area contributed by atoms with Gasteiger partial charge in [0, 0.05) is 5.56 Å². The highest BCUT2D eigenvalue weighted by atomic mass is 32.2. The Morgan fingerprint density at radius 1 is 1.29 bits per heavy atom. The summed E-state index contributed by atoms with van der Waals surface area (Å²) in [7, 11) is 0. The summed E-state index contributed by atoms with van der Waals surface area (Å²) in [6, 6.07) is 5.23. The van der Waals surface area contributed by atoms with Crippen LogP contribution in [0.1, 0.15) is 23.7 Å². The van der Waals surface area contributed by atoms with Gasteiger partial charge in [-0.25, -0.2) is 0 Å². The van der Waals surface area contributed by atoms with E-state index >= 15 is 0 Å². The monoisotopic (exact) mass is 254 g/mol. The zero-order valence-corrected chi connectivity index (χ0v) is 11.1. The number of benzene rings is 1. The molecule has 0 aromatic heterocycles. The van der Waals surface area contributed by atoms with E-state index in [1.54, 1.807) is 30.0 Å². The van der Waals surface area contributed by atoms with Crippen molar-refractivity contribution in [2.24, 2.45) is 0 Å². The number of hydrogen-bond donors (Lipinski definition) is 0. The van der Waals surface area contributed by atoms with E-state index in [0.717, 1.165) is 18.5 Å². The maximum atomic E-state index is 10.7. The Balaban J connectivity index is 2.65. The Bertz CT molecular complexity index is 353. The molecule has 0 bridgehead atoms. The van der Waals surface area contributed by atoms with E-state index in [4.69, 9.17) is 9.47 Å². The van der Waals surface area contributed by atoms with Gasteiger partial charge in [0.2, 0.25) is 0 Å². The summed E-state index contributed by atoms with van der Waals surface area (Å²) >= 11 is 1.80. The molecule has 0 heterocycles. The van der Waals surface area contributed by atoms with Gasteiger partial charge in [-0.2, -0.15) is 11.8 Å². The van der Waals surface area contributed by atoms with Crippen LogP contribution in [-0.2, 0) is 0 Å². The number of carbonyl (C=O) groups is 1. The van der Waals surface area contributed by atoms with E-state index in [0.29, 0.717) is 30.3 Å². The van der Waals surface area contributed by atoms with E-state index in [2.05, 4.69) is 6.26 Å². The summed E-state index contributed by atoms with van der Waals surface area (Å²) in [5, 5.41) is 0. The normalized spacial score (nSPS) is 10.0. The van der Waals surface area contributed by atoms with E-state index in [9.17, 15) is 4.79 Å². The molecule has 0 saturated carbocycles. The van der Waals surface area contributed by atoms with Gasteiger partial charge in [-0.15, -0.1) is 0 Å². The van der Waals surface area contributed by atoms with Crippen LogP contribution in [0.25, 0.3) is 0 Å². The standard InChI is InChI=1S/C13H18O3S/c1-3-15-13-9-11(10-14)5-6-12(13)16-7-4-8-17-2/h5-6,9-10H,3-4,7-8H2,1-2H3. The molecule has 0 atom stereocenters. The summed E-state index contributed by atoms with van der Waals surface area (Å²) in [5.41, 5.74) is 0.602. The maximum Gasteiger partial charge on any atom is 0.161 e. The number of ether oxygens (including phenoxy) is 2. The van der Waals surface area contributed by atoms with Gasteiger partial charge in [-0.05, 0) is 43.6 Å². The molecule has 0 aliphatic rings. The highest BCUT2D eigenvalue weighted by molar-refractivity contribution is 7.98. The molecule has 0 spiro atoms. The second-order valence-corrected chi connectivity index (χ2v) is 4.44. The van der Waals surface area contributed by atoms with Gasteiger partial charge in [0.1, 0.15) is 6.29 Å². The second-order valence-electron chi connectivity index (χ2n) is 3.45. The topological polar surface area (TPSA) is 35.5 Å². The first-order valence-electron chi connectivity index (χ1n) is 5.65. The van der Waals surface area contributed by atoms with Crippen LogP contribution in [0.3, 0.4) is 0 Å². The lowest BCUT2D eigenvalue weighted by Gasteiger charge is -2.12. The number of carbonyl (C=O) groups excluding carboxylic acids is 1. The minimum Gasteiger partial charge on any atom is -0.490 e. The van der Waals surface area contributed by atoms with E-state index in [1.165, 1.54) is 0 Å². The molecule has 0 amide bonds. The fourth-order valence-electron chi connectivity index (χ4n) is 1.37. The summed E-state index contributed by atoms with van der Waals surface area (Å²) in [5.74, 6) is 2.43. The predicted molar refractivity (Wildman–Crippen MR) is 71.5 cm³/mol. The summed E-state index contributed by atoms with van der Waals surface area (Å²) in [6.45, 7) is 3.13. The SMILES string of the molecule is CCOc1cc(C=O)ccc1OCCCSC. The number of rotatable bonds is 8. The Kier molecular flexibility index (Phi) is 6.55. The molecule has 1 aromatic carbocycles. The average Bonchev–Trinajstić information content (AvgIpc) is 2.36. The third-order valence-corrected chi connectivity index (χ3v) is 2.85. The third kappa shape index (κ3) is 4.69.